The van der Waals surface area contributed by atoms with Crippen molar-refractivity contribution in [2.24, 2.45) is 4.99 Å². The Hall–Kier alpha value is -2.68. The Morgan fingerprint density at radius 3 is 2.61 bits per heavy atom. The van der Waals surface area contributed by atoms with Gasteiger partial charge < -0.3 is 5.11 Å². The van der Waals surface area contributed by atoms with E-state index < -0.39 is 0 Å². The molecule has 114 valence electrons. The number of hydrogen-bond donors (Lipinski definition) is 1. The van der Waals surface area contributed by atoms with E-state index in [9.17, 15) is 5.11 Å². The molecule has 3 heteroatoms. The number of benzene rings is 2. The van der Waals surface area contributed by atoms with Crippen molar-refractivity contribution in [3.8, 4) is 5.75 Å². The number of rotatable bonds is 2. The van der Waals surface area contributed by atoms with E-state index in [1.54, 1.807) is 12.1 Å². The molecule has 0 radical (unpaired) electrons. The number of nitrogens with zero attached hydrogens (tertiary/aromatic N) is 2. The number of aromatic nitrogens is 1. The summed E-state index contributed by atoms with van der Waals surface area (Å²) < 4.78 is 0. The third-order valence-electron chi connectivity index (χ3n) is 4.37. The number of fused-ring (bicyclic) bond motifs is 2. The maximum Gasteiger partial charge on any atom is 0.115 e. The fourth-order valence-corrected chi connectivity index (χ4v) is 3.19. The van der Waals surface area contributed by atoms with Crippen LogP contribution < -0.4 is 0 Å². The van der Waals surface area contributed by atoms with Gasteiger partial charge in [-0.25, -0.2) is 0 Å². The highest BCUT2D eigenvalue weighted by molar-refractivity contribution is 5.95. The summed E-state index contributed by atoms with van der Waals surface area (Å²) >= 11 is 0. The molecule has 0 saturated heterocycles. The smallest absolute Gasteiger partial charge is 0.115 e. The summed E-state index contributed by atoms with van der Waals surface area (Å²) in [7, 11) is 0. The van der Waals surface area contributed by atoms with Crippen LogP contribution in [0.15, 0.2) is 53.5 Å². The van der Waals surface area contributed by atoms with E-state index in [0.29, 0.717) is 0 Å². The van der Waals surface area contributed by atoms with E-state index in [-0.39, 0.29) is 5.75 Å². The molecular weight excluding hydrogens is 284 g/mol. The van der Waals surface area contributed by atoms with Crippen LogP contribution in [0.4, 0.5) is 5.69 Å². The molecule has 3 aromatic rings. The van der Waals surface area contributed by atoms with Crippen molar-refractivity contribution in [3.63, 3.8) is 0 Å². The number of aromatic hydroxyl groups is 1. The summed E-state index contributed by atoms with van der Waals surface area (Å²) in [6.45, 7) is 0. The van der Waals surface area contributed by atoms with Gasteiger partial charge in [-0.15, -0.1) is 0 Å². The van der Waals surface area contributed by atoms with E-state index in [4.69, 9.17) is 9.98 Å². The van der Waals surface area contributed by atoms with Crippen LogP contribution >= 0.6 is 0 Å². The first-order valence-corrected chi connectivity index (χ1v) is 8.05. The van der Waals surface area contributed by atoms with Crippen LogP contribution in [0.5, 0.6) is 5.75 Å². The highest BCUT2D eigenvalue weighted by Crippen LogP contribution is 2.35. The minimum atomic E-state index is 0.272. The van der Waals surface area contributed by atoms with Crippen molar-refractivity contribution in [3.05, 3.63) is 65.4 Å². The van der Waals surface area contributed by atoms with E-state index >= 15 is 0 Å². The number of pyridine rings is 1. The summed E-state index contributed by atoms with van der Waals surface area (Å²) in [5, 5.41) is 10.5. The zero-order chi connectivity index (χ0) is 15.6. The summed E-state index contributed by atoms with van der Waals surface area (Å²) in [5.74, 6) is 0.272. The van der Waals surface area contributed by atoms with Crippen molar-refractivity contribution in [2.75, 3.05) is 0 Å². The lowest BCUT2D eigenvalue weighted by Gasteiger charge is -2.18. The van der Waals surface area contributed by atoms with Crippen LogP contribution in [0.2, 0.25) is 0 Å². The SMILES string of the molecule is Oc1ccc(/C=N/c2c3c(nc4ccccc24)CCCC3)cc1. The Kier molecular flexibility index (Phi) is 3.54. The minimum absolute atomic E-state index is 0.272. The topological polar surface area (TPSA) is 45.5 Å². The van der Waals surface area contributed by atoms with Gasteiger partial charge in [0, 0.05) is 17.3 Å². The Labute approximate surface area is 135 Å². The largest absolute Gasteiger partial charge is 0.508 e. The van der Waals surface area contributed by atoms with Gasteiger partial charge in [0.25, 0.3) is 0 Å². The highest BCUT2D eigenvalue weighted by Gasteiger charge is 2.17. The number of aryl methyl sites for hydroxylation is 1. The fourth-order valence-electron chi connectivity index (χ4n) is 3.19. The fraction of sp³-hybridized carbons (Fsp3) is 0.200. The first kappa shape index (κ1) is 13.9. The third-order valence-corrected chi connectivity index (χ3v) is 4.37. The van der Waals surface area contributed by atoms with Gasteiger partial charge in [0.15, 0.2) is 0 Å². The number of para-hydroxylation sites is 1. The van der Waals surface area contributed by atoms with Gasteiger partial charge in [-0.2, -0.15) is 0 Å². The highest BCUT2D eigenvalue weighted by atomic mass is 16.3. The van der Waals surface area contributed by atoms with Gasteiger partial charge >= 0.3 is 0 Å². The molecule has 0 spiro atoms. The van der Waals surface area contributed by atoms with E-state index in [1.807, 2.05) is 30.5 Å². The third kappa shape index (κ3) is 2.70. The van der Waals surface area contributed by atoms with Crippen molar-refractivity contribution < 1.29 is 5.11 Å². The molecular formula is C20H18N2O. The molecule has 0 saturated carbocycles. The first-order chi connectivity index (χ1) is 11.3. The number of aliphatic imine (C=N–C) groups is 1. The van der Waals surface area contributed by atoms with E-state index in [2.05, 4.69) is 12.1 Å². The second-order valence-electron chi connectivity index (χ2n) is 5.96. The molecule has 1 aliphatic carbocycles. The van der Waals surface area contributed by atoms with E-state index in [0.717, 1.165) is 35.0 Å². The molecule has 4 rings (SSSR count). The second kappa shape index (κ2) is 5.84. The first-order valence-electron chi connectivity index (χ1n) is 8.05. The molecule has 0 fully saturated rings. The maximum absolute atomic E-state index is 9.39. The molecule has 1 N–H and O–H groups in total. The lowest BCUT2D eigenvalue weighted by Crippen LogP contribution is -2.06. The van der Waals surface area contributed by atoms with Gasteiger partial charge in [0.2, 0.25) is 0 Å². The van der Waals surface area contributed by atoms with Crippen molar-refractivity contribution in [1.29, 1.82) is 0 Å². The van der Waals surface area contributed by atoms with Crippen molar-refractivity contribution >= 4 is 22.8 Å². The molecule has 23 heavy (non-hydrogen) atoms. The van der Waals surface area contributed by atoms with Gasteiger partial charge in [0.05, 0.1) is 11.2 Å². The number of hydrogen-bond acceptors (Lipinski definition) is 3. The standard InChI is InChI=1S/C20H18N2O/c23-15-11-9-14(10-12-15)13-21-20-16-5-1-3-7-18(16)22-19-8-4-2-6-17(19)20/h1,3,5,7,9-13,23H,2,4,6,8H2/b21-13+. The Morgan fingerprint density at radius 1 is 0.957 bits per heavy atom. The summed E-state index contributed by atoms with van der Waals surface area (Å²) in [5.41, 5.74) is 5.55. The van der Waals surface area contributed by atoms with Gasteiger partial charge in [-0.05, 0) is 67.1 Å². The van der Waals surface area contributed by atoms with Gasteiger partial charge in [-0.3, -0.25) is 9.98 Å². The quantitative estimate of drug-likeness (QED) is 0.705. The van der Waals surface area contributed by atoms with Crippen molar-refractivity contribution in [2.45, 2.75) is 25.7 Å². The number of phenolic OH excluding ortho intramolecular Hbond substituents is 1. The summed E-state index contributed by atoms with van der Waals surface area (Å²) in [4.78, 5) is 9.64. The van der Waals surface area contributed by atoms with Gasteiger partial charge in [-0.1, -0.05) is 18.2 Å². The Bertz CT molecular complexity index is 882. The molecule has 3 nitrogen and oxygen atoms in total. The monoisotopic (exact) mass is 302 g/mol. The van der Waals surface area contributed by atoms with Gasteiger partial charge in [0.1, 0.15) is 5.75 Å². The Morgan fingerprint density at radius 2 is 1.74 bits per heavy atom. The minimum Gasteiger partial charge on any atom is -0.508 e. The van der Waals surface area contributed by atoms with Crippen LogP contribution in [-0.2, 0) is 12.8 Å². The second-order valence-corrected chi connectivity index (χ2v) is 5.96. The van der Waals surface area contributed by atoms with Crippen LogP contribution in [-0.4, -0.2) is 16.3 Å². The average Bonchev–Trinajstić information content (AvgIpc) is 2.60. The van der Waals surface area contributed by atoms with Crippen LogP contribution in [0, 0.1) is 0 Å². The zero-order valence-electron chi connectivity index (χ0n) is 12.9. The Balaban J connectivity index is 1.85. The molecule has 0 bridgehead atoms. The molecule has 0 atom stereocenters. The number of phenols is 1. The lowest BCUT2D eigenvalue weighted by atomic mass is 9.93. The molecule has 2 aromatic carbocycles. The van der Waals surface area contributed by atoms with Crippen LogP contribution in [0.25, 0.3) is 10.9 Å². The zero-order valence-corrected chi connectivity index (χ0v) is 12.9. The molecule has 0 aliphatic heterocycles. The summed E-state index contributed by atoms with van der Waals surface area (Å²) in [6.07, 6.45) is 6.38. The predicted molar refractivity (Wildman–Crippen MR) is 93.7 cm³/mol. The molecule has 1 aromatic heterocycles. The average molecular weight is 302 g/mol. The predicted octanol–water partition coefficient (Wildman–Crippen LogP) is 4.57. The lowest BCUT2D eigenvalue weighted by molar-refractivity contribution is 0.475. The van der Waals surface area contributed by atoms with Crippen LogP contribution in [0.1, 0.15) is 29.7 Å². The molecule has 1 heterocycles. The van der Waals surface area contributed by atoms with Crippen LogP contribution in [0.3, 0.4) is 0 Å². The molecule has 0 amide bonds. The van der Waals surface area contributed by atoms with E-state index in [1.165, 1.54) is 24.1 Å². The molecule has 0 unspecified atom stereocenters. The maximum atomic E-state index is 9.39. The normalized spacial score (nSPS) is 14.3. The molecule has 1 aliphatic rings. The summed E-state index contributed by atoms with van der Waals surface area (Å²) in [6, 6.07) is 15.3. The van der Waals surface area contributed by atoms with Crippen molar-refractivity contribution in [1.82, 2.24) is 4.98 Å².